The van der Waals surface area contributed by atoms with E-state index >= 15 is 0 Å². The number of H-pyrrole nitrogens is 1. The molecule has 1 N–H and O–H groups in total. The summed E-state index contributed by atoms with van der Waals surface area (Å²) in [6.07, 6.45) is -1.03. The lowest BCUT2D eigenvalue weighted by atomic mass is 10.2. The number of alkyl halides is 3. The Morgan fingerprint density at radius 2 is 2.29 bits per heavy atom. The summed E-state index contributed by atoms with van der Waals surface area (Å²) in [5.41, 5.74) is -1.04. The molecule has 4 nitrogen and oxygen atoms in total. The van der Waals surface area contributed by atoms with Crippen LogP contribution in [0.25, 0.3) is 6.08 Å². The molecule has 0 unspecified atom stereocenters. The van der Waals surface area contributed by atoms with Gasteiger partial charge in [0.15, 0.2) is 0 Å². The van der Waals surface area contributed by atoms with Gasteiger partial charge in [-0.25, -0.2) is 0 Å². The fourth-order valence-corrected chi connectivity index (χ4v) is 1.15. The lowest BCUT2D eigenvalue weighted by molar-refractivity contribution is -0.142. The Balaban J connectivity index is 2.66. The third kappa shape index (κ3) is 3.93. The Kier molecular flexibility index (Phi) is 4.30. The van der Waals surface area contributed by atoms with Crippen molar-refractivity contribution in [2.45, 2.75) is 19.5 Å². The van der Waals surface area contributed by atoms with Crippen molar-refractivity contribution in [1.29, 1.82) is 0 Å². The number of carbonyl (C=O) groups excluding carboxylic acids is 1. The summed E-state index contributed by atoms with van der Waals surface area (Å²) in [6, 6.07) is 0. The van der Waals surface area contributed by atoms with E-state index in [1.165, 1.54) is 12.2 Å². The van der Waals surface area contributed by atoms with Gasteiger partial charge >= 0.3 is 12.1 Å². The topological polar surface area (TPSA) is 55.0 Å². The fourth-order valence-electron chi connectivity index (χ4n) is 1.15. The van der Waals surface area contributed by atoms with Crippen molar-refractivity contribution in [3.8, 4) is 0 Å². The first kappa shape index (κ1) is 13.3. The van der Waals surface area contributed by atoms with Crippen LogP contribution in [0.1, 0.15) is 24.6 Å². The molecule has 0 spiro atoms. The number of hydrogen-bond acceptors (Lipinski definition) is 3. The lowest BCUT2D eigenvalue weighted by Crippen LogP contribution is -2.07. The van der Waals surface area contributed by atoms with E-state index in [4.69, 9.17) is 0 Å². The molecular formula is C10H11F3N2O2. The molecule has 0 atom stereocenters. The van der Waals surface area contributed by atoms with E-state index in [1.807, 2.05) is 5.10 Å². The summed E-state index contributed by atoms with van der Waals surface area (Å²) in [5, 5.41) is 5.18. The minimum absolute atomic E-state index is 0.0731. The molecule has 0 aromatic carbocycles. The molecule has 1 heterocycles. The normalized spacial score (nSPS) is 12.0. The third-order valence-corrected chi connectivity index (χ3v) is 1.84. The van der Waals surface area contributed by atoms with Crippen molar-refractivity contribution in [3.05, 3.63) is 23.5 Å². The van der Waals surface area contributed by atoms with E-state index in [-0.39, 0.29) is 18.6 Å². The van der Waals surface area contributed by atoms with Gasteiger partial charge in [-0.15, -0.1) is 0 Å². The number of aromatic nitrogens is 2. The zero-order valence-electron chi connectivity index (χ0n) is 9.04. The van der Waals surface area contributed by atoms with Gasteiger partial charge in [-0.3, -0.25) is 9.89 Å². The number of carbonyl (C=O) groups is 1. The molecule has 0 amide bonds. The average molecular weight is 248 g/mol. The second-order valence-electron chi connectivity index (χ2n) is 3.11. The predicted molar refractivity (Wildman–Crippen MR) is 53.9 cm³/mol. The maximum absolute atomic E-state index is 12.4. The van der Waals surface area contributed by atoms with Crippen molar-refractivity contribution < 1.29 is 22.7 Å². The number of nitrogens with one attached hydrogen (secondary N) is 1. The largest absolute Gasteiger partial charge is 0.466 e. The minimum atomic E-state index is -4.49. The van der Waals surface area contributed by atoms with E-state index in [0.29, 0.717) is 0 Å². The van der Waals surface area contributed by atoms with E-state index in [1.54, 1.807) is 6.92 Å². The lowest BCUT2D eigenvalue weighted by Gasteiger charge is -2.03. The Labute approximate surface area is 95.5 Å². The van der Waals surface area contributed by atoms with Crippen molar-refractivity contribution in [3.63, 3.8) is 0 Å². The highest BCUT2D eigenvalue weighted by Gasteiger charge is 2.34. The molecule has 0 saturated carbocycles. The van der Waals surface area contributed by atoms with Crippen LogP contribution in [0.4, 0.5) is 13.2 Å². The molecule has 1 rings (SSSR count). The van der Waals surface area contributed by atoms with Crippen molar-refractivity contribution in [2.24, 2.45) is 0 Å². The number of halogens is 3. The maximum Gasteiger partial charge on any atom is 0.433 e. The van der Waals surface area contributed by atoms with Gasteiger partial charge in [0, 0.05) is 5.56 Å². The van der Waals surface area contributed by atoms with Gasteiger partial charge in [0.25, 0.3) is 0 Å². The zero-order chi connectivity index (χ0) is 12.9. The second-order valence-corrected chi connectivity index (χ2v) is 3.11. The van der Waals surface area contributed by atoms with Crippen molar-refractivity contribution in [1.82, 2.24) is 10.2 Å². The standard InChI is InChI=1S/C10H11F3N2O2/c1-2-17-8(16)5-3-4-7-6-14-15-9(7)10(11,12)13/h3-4,6H,2,5H2,1H3,(H,14,15). The third-order valence-electron chi connectivity index (χ3n) is 1.84. The molecular weight excluding hydrogens is 237 g/mol. The summed E-state index contributed by atoms with van der Waals surface area (Å²) < 4.78 is 41.8. The Morgan fingerprint density at radius 3 is 2.88 bits per heavy atom. The highest BCUT2D eigenvalue weighted by atomic mass is 19.4. The van der Waals surface area contributed by atoms with Gasteiger partial charge in [-0.2, -0.15) is 18.3 Å². The van der Waals surface area contributed by atoms with Crippen LogP contribution >= 0.6 is 0 Å². The average Bonchev–Trinajstić information content (AvgIpc) is 2.65. The van der Waals surface area contributed by atoms with Crippen molar-refractivity contribution >= 4 is 12.0 Å². The molecule has 0 fully saturated rings. The van der Waals surface area contributed by atoms with Gasteiger partial charge in [-0.1, -0.05) is 12.2 Å². The van der Waals surface area contributed by atoms with Crippen LogP contribution in [0.2, 0.25) is 0 Å². The van der Waals surface area contributed by atoms with E-state index in [2.05, 4.69) is 9.84 Å². The quantitative estimate of drug-likeness (QED) is 0.832. The number of aromatic amines is 1. The van der Waals surface area contributed by atoms with Gasteiger partial charge in [0.2, 0.25) is 0 Å². The molecule has 17 heavy (non-hydrogen) atoms. The molecule has 0 aliphatic rings. The second kappa shape index (κ2) is 5.51. The molecule has 0 saturated heterocycles. The van der Waals surface area contributed by atoms with Gasteiger partial charge in [0.1, 0.15) is 5.69 Å². The smallest absolute Gasteiger partial charge is 0.433 e. The number of hydrogen-bond donors (Lipinski definition) is 1. The van der Waals surface area contributed by atoms with Crippen LogP contribution in [0.15, 0.2) is 12.3 Å². The molecule has 1 aromatic rings. The molecule has 0 aliphatic carbocycles. The molecule has 0 aliphatic heterocycles. The van der Waals surface area contributed by atoms with Crippen LogP contribution in [-0.2, 0) is 15.7 Å². The summed E-state index contributed by atoms with van der Waals surface area (Å²) in [5.74, 6) is -0.485. The first-order valence-corrected chi connectivity index (χ1v) is 4.88. The number of nitrogens with zero attached hydrogens (tertiary/aromatic N) is 1. The zero-order valence-corrected chi connectivity index (χ0v) is 9.04. The number of ether oxygens (including phenoxy) is 1. The first-order chi connectivity index (χ1) is 7.95. The molecule has 1 aromatic heterocycles. The van der Waals surface area contributed by atoms with Crippen LogP contribution < -0.4 is 0 Å². The summed E-state index contributed by atoms with van der Waals surface area (Å²) in [6.45, 7) is 1.89. The first-order valence-electron chi connectivity index (χ1n) is 4.88. The predicted octanol–water partition coefficient (Wildman–Crippen LogP) is 2.39. The summed E-state index contributed by atoms with van der Waals surface area (Å²) in [4.78, 5) is 10.9. The SMILES string of the molecule is CCOC(=O)CC=Cc1cn[nH]c1C(F)(F)F. The fraction of sp³-hybridized carbons (Fsp3) is 0.400. The van der Waals surface area contributed by atoms with Crippen LogP contribution in [0.3, 0.4) is 0 Å². The highest BCUT2D eigenvalue weighted by Crippen LogP contribution is 2.30. The van der Waals surface area contributed by atoms with E-state index in [9.17, 15) is 18.0 Å². The maximum atomic E-state index is 12.4. The Hall–Kier alpha value is -1.79. The number of esters is 1. The Bertz CT molecular complexity index is 410. The molecule has 0 radical (unpaired) electrons. The van der Waals surface area contributed by atoms with Crippen LogP contribution in [-0.4, -0.2) is 22.8 Å². The van der Waals surface area contributed by atoms with Crippen molar-refractivity contribution in [2.75, 3.05) is 6.61 Å². The van der Waals surface area contributed by atoms with E-state index < -0.39 is 17.8 Å². The highest BCUT2D eigenvalue weighted by molar-refractivity contribution is 5.72. The van der Waals surface area contributed by atoms with Gasteiger partial charge in [0.05, 0.1) is 19.2 Å². The van der Waals surface area contributed by atoms with Gasteiger partial charge < -0.3 is 4.74 Å². The van der Waals surface area contributed by atoms with E-state index in [0.717, 1.165) is 6.20 Å². The summed E-state index contributed by atoms with van der Waals surface area (Å²) >= 11 is 0. The minimum Gasteiger partial charge on any atom is -0.466 e. The van der Waals surface area contributed by atoms with Gasteiger partial charge in [-0.05, 0) is 6.92 Å². The monoisotopic (exact) mass is 248 g/mol. The van der Waals surface area contributed by atoms with Crippen LogP contribution in [0.5, 0.6) is 0 Å². The molecule has 94 valence electrons. The van der Waals surface area contributed by atoms with Crippen LogP contribution in [0, 0.1) is 0 Å². The Morgan fingerprint density at radius 1 is 1.59 bits per heavy atom. The molecule has 7 heteroatoms. The summed E-state index contributed by atoms with van der Waals surface area (Å²) in [7, 11) is 0. The molecule has 0 bridgehead atoms. The number of rotatable bonds is 4.